The van der Waals surface area contributed by atoms with Gasteiger partial charge in [-0.15, -0.1) is 0 Å². The second kappa shape index (κ2) is 21.7. The predicted molar refractivity (Wildman–Crippen MR) is 214 cm³/mol. The smallest absolute Gasteiger partial charge is 0.313 e. The van der Waals surface area contributed by atoms with Crippen LogP contribution in [0.3, 0.4) is 0 Å². The Hall–Kier alpha value is -3.52. The van der Waals surface area contributed by atoms with Crippen LogP contribution in [0, 0.1) is 17.8 Å². The van der Waals surface area contributed by atoms with Crippen LogP contribution >= 0.6 is 7.37 Å². The molecule has 9 atom stereocenters. The first kappa shape index (κ1) is 47.6. The molecule has 1 aromatic rings. The largest absolute Gasteiger partial charge is 0.481 e. The molecule has 1 unspecified atom stereocenters. The summed E-state index contributed by atoms with van der Waals surface area (Å²) in [5, 5.41) is 12.0. The third-order valence-corrected chi connectivity index (χ3v) is 12.6. The van der Waals surface area contributed by atoms with Crippen molar-refractivity contribution in [2.24, 2.45) is 22.7 Å². The van der Waals surface area contributed by atoms with E-state index in [2.05, 4.69) is 5.32 Å². The molecule has 1 aliphatic rings. The van der Waals surface area contributed by atoms with Crippen molar-refractivity contribution in [3.8, 4) is 0 Å². The monoisotopic (exact) mass is 794 g/mol. The molecule has 1 aromatic carbocycles. The first-order valence-electron chi connectivity index (χ1n) is 19.1. The number of carboxylic acid groups (broad SMARTS) is 1. The van der Waals surface area contributed by atoms with Gasteiger partial charge >= 0.3 is 5.97 Å². The van der Waals surface area contributed by atoms with Gasteiger partial charge in [-0.25, -0.2) is 4.99 Å². The Bertz CT molecular complexity index is 1480. The molecule has 0 bridgehead atoms. The summed E-state index contributed by atoms with van der Waals surface area (Å²) in [4.78, 5) is 76.5. The minimum atomic E-state index is -4.38. The molecule has 0 spiro atoms. The molecule has 1 aliphatic heterocycles. The molecule has 15 nitrogen and oxygen atoms in total. The van der Waals surface area contributed by atoms with E-state index in [4.69, 9.17) is 14.5 Å². The van der Waals surface area contributed by atoms with E-state index in [0.29, 0.717) is 30.9 Å². The Labute approximate surface area is 328 Å². The first-order valence-corrected chi connectivity index (χ1v) is 21.0. The number of benzene rings is 1. The van der Waals surface area contributed by atoms with Crippen molar-refractivity contribution >= 4 is 37.0 Å². The lowest BCUT2D eigenvalue weighted by atomic mass is 9.89. The zero-order valence-electron chi connectivity index (χ0n) is 35.0. The average molecular weight is 795 g/mol. The van der Waals surface area contributed by atoms with E-state index in [1.165, 1.54) is 7.11 Å². The van der Waals surface area contributed by atoms with Crippen LogP contribution < -0.4 is 5.32 Å². The minimum absolute atomic E-state index is 0.0189. The molecule has 0 saturated carbocycles. The number of rotatable bonds is 20. The van der Waals surface area contributed by atoms with Gasteiger partial charge in [-0.1, -0.05) is 71.4 Å². The number of nitrogens with one attached hydrogen (secondary N) is 1. The number of likely N-dealkylation sites (N-methyl/N-ethyl adjacent to an activating group) is 1. The highest BCUT2D eigenvalue weighted by molar-refractivity contribution is 7.59. The second-order valence-corrected chi connectivity index (χ2v) is 18.0. The summed E-state index contributed by atoms with van der Waals surface area (Å²) in [5.41, 5.74) is 0.658. The number of aliphatic imine (C=N–C) groups is 1. The number of carbonyl (C=O) groups excluding carboxylic acids is 3. The summed E-state index contributed by atoms with van der Waals surface area (Å²) in [5.74, 6) is -4.10. The Morgan fingerprint density at radius 3 is 2.09 bits per heavy atom. The Morgan fingerprint density at radius 1 is 1.00 bits per heavy atom. The normalized spacial score (nSPS) is 19.2. The van der Waals surface area contributed by atoms with E-state index in [1.807, 2.05) is 65.7 Å². The molecular formula is C39H67N6O9P. The van der Waals surface area contributed by atoms with Gasteiger partial charge in [0.1, 0.15) is 18.0 Å². The quantitative estimate of drug-likeness (QED) is 0.1000. The van der Waals surface area contributed by atoms with Gasteiger partial charge in [0.2, 0.25) is 25.1 Å². The molecule has 0 aromatic heterocycles. The van der Waals surface area contributed by atoms with Crippen LogP contribution in [-0.4, -0.2) is 158 Å². The molecule has 1 fully saturated rings. The average Bonchev–Trinajstić information content (AvgIpc) is 3.60. The van der Waals surface area contributed by atoms with Crippen LogP contribution in [0.4, 0.5) is 0 Å². The number of guanidine groups is 1. The number of hydrogen-bond acceptors (Lipinski definition) is 8. The fourth-order valence-electron chi connectivity index (χ4n) is 7.49. The molecular weight excluding hydrogens is 727 g/mol. The molecule has 3 amide bonds. The van der Waals surface area contributed by atoms with Crippen molar-refractivity contribution < 1.29 is 43.2 Å². The molecule has 1 saturated heterocycles. The zero-order valence-corrected chi connectivity index (χ0v) is 35.9. The van der Waals surface area contributed by atoms with Crippen LogP contribution in [-0.2, 0) is 39.6 Å². The van der Waals surface area contributed by atoms with Gasteiger partial charge in [-0.3, -0.25) is 23.7 Å². The maximum absolute atomic E-state index is 14.2. The van der Waals surface area contributed by atoms with E-state index in [1.54, 1.807) is 61.2 Å². The van der Waals surface area contributed by atoms with Gasteiger partial charge in [-0.05, 0) is 30.2 Å². The Morgan fingerprint density at radius 2 is 1.60 bits per heavy atom. The number of nitrogens with zero attached hydrogens (tertiary/aromatic N) is 5. The van der Waals surface area contributed by atoms with E-state index >= 15 is 0 Å². The maximum atomic E-state index is 14.2. The first-order chi connectivity index (χ1) is 25.7. The lowest BCUT2D eigenvalue weighted by Crippen LogP contribution is -2.55. The number of carboxylic acids is 1. The van der Waals surface area contributed by atoms with Gasteiger partial charge in [0.25, 0.3) is 0 Å². The summed E-state index contributed by atoms with van der Waals surface area (Å²) >= 11 is 0. The Balaban J connectivity index is 2.36. The van der Waals surface area contributed by atoms with Crippen molar-refractivity contribution in [3.63, 3.8) is 0 Å². The van der Waals surface area contributed by atoms with E-state index < -0.39 is 67.4 Å². The van der Waals surface area contributed by atoms with E-state index in [-0.39, 0.29) is 36.5 Å². The topological polar surface area (TPSA) is 182 Å². The summed E-state index contributed by atoms with van der Waals surface area (Å²) in [6, 6.07) is 7.16. The number of ether oxygens (including phenoxy) is 2. The number of likely N-dealkylation sites (tertiary alicyclic amines) is 1. The maximum Gasteiger partial charge on any atom is 0.313 e. The molecule has 2 rings (SSSR count). The van der Waals surface area contributed by atoms with Crippen LogP contribution in [0.5, 0.6) is 0 Å². The number of amides is 3. The molecule has 55 heavy (non-hydrogen) atoms. The molecule has 0 radical (unpaired) electrons. The van der Waals surface area contributed by atoms with E-state index in [0.717, 1.165) is 6.42 Å². The van der Waals surface area contributed by atoms with Crippen LogP contribution in [0.2, 0.25) is 0 Å². The van der Waals surface area contributed by atoms with Crippen molar-refractivity contribution in [2.45, 2.75) is 103 Å². The molecule has 0 aliphatic carbocycles. The lowest BCUT2D eigenvalue weighted by Gasteiger charge is -2.40. The van der Waals surface area contributed by atoms with Gasteiger partial charge in [0, 0.05) is 62.4 Å². The summed E-state index contributed by atoms with van der Waals surface area (Å²) < 4.78 is 25.2. The number of aliphatic carboxylic acids is 1. The van der Waals surface area contributed by atoms with Crippen LogP contribution in [0.25, 0.3) is 0 Å². The van der Waals surface area contributed by atoms with Gasteiger partial charge < -0.3 is 44.4 Å². The molecule has 1 heterocycles. The van der Waals surface area contributed by atoms with Gasteiger partial charge in [0.05, 0.1) is 36.6 Å². The highest BCUT2D eigenvalue weighted by Gasteiger charge is 2.44. The third-order valence-electron chi connectivity index (χ3n) is 10.6. The number of methoxy groups -OCH3 is 2. The summed E-state index contributed by atoms with van der Waals surface area (Å²) in [6.45, 7) is 10.1. The molecule has 3 N–H and O–H groups in total. The summed E-state index contributed by atoms with van der Waals surface area (Å²) in [6.07, 6.45) is -0.527. The fourth-order valence-corrected chi connectivity index (χ4v) is 8.92. The minimum Gasteiger partial charge on any atom is -0.481 e. The highest BCUT2D eigenvalue weighted by atomic mass is 31.2. The van der Waals surface area contributed by atoms with Gasteiger partial charge in [0.15, 0.2) is 5.96 Å². The van der Waals surface area contributed by atoms with Crippen LogP contribution in [0.15, 0.2) is 35.3 Å². The molecule has 16 heteroatoms. The van der Waals surface area contributed by atoms with Crippen LogP contribution in [0.1, 0.15) is 65.9 Å². The van der Waals surface area contributed by atoms with Crippen molar-refractivity contribution in [1.29, 1.82) is 0 Å². The lowest BCUT2D eigenvalue weighted by molar-refractivity contribution is -0.146. The van der Waals surface area contributed by atoms with Crippen molar-refractivity contribution in [3.05, 3.63) is 35.9 Å². The van der Waals surface area contributed by atoms with Gasteiger partial charge in [-0.2, -0.15) is 0 Å². The standard InChI is InChI=1S/C39H67N6O9P/c1-13-26(4)35(44(10)38(50)34(25(2)3)41-39(42(6)7)43(8)9)30(53-11)23-32(46)45-21-17-20-29(45)36(54-12)27(5)37(49)40-31(55(51,52)24-33(47)48)22-28-18-15-14-16-19-28/h14-16,18-19,25-27,29-31,34-36H,13,17,20-24H2,1-12H3,(H,40,49)(H,47,48)(H,51,52)/t26-,27+,29-,30+,31+,34-,35-,36+/m0/s1. The predicted octanol–water partition coefficient (Wildman–Crippen LogP) is 3.45. The van der Waals surface area contributed by atoms with Crippen molar-refractivity contribution in [1.82, 2.24) is 24.9 Å². The summed E-state index contributed by atoms with van der Waals surface area (Å²) in [7, 11) is 7.89. The zero-order chi connectivity index (χ0) is 41.8. The Kier molecular flexibility index (Phi) is 18.8. The van der Waals surface area contributed by atoms with Crippen molar-refractivity contribution in [2.75, 3.05) is 62.2 Å². The number of hydrogen-bond donors (Lipinski definition) is 3. The third kappa shape index (κ3) is 13.0. The number of carbonyl (C=O) groups is 4. The SMILES string of the molecule is CC[C@H](C)[C@@H]([C@@H](CC(=O)N1CCC[C@H]1[C@H](OC)[C@@H](C)C(=O)N[C@@H](Cc1ccccc1)P(=O)(O)CC(=O)O)OC)N(C)C(=O)[C@@H](N=C(N(C)C)N(C)C)C(C)C. The fraction of sp³-hybridized carbons (Fsp3) is 0.718. The molecule has 312 valence electrons. The second-order valence-electron chi connectivity index (χ2n) is 15.5. The van der Waals surface area contributed by atoms with E-state index in [9.17, 15) is 33.7 Å². The highest BCUT2D eigenvalue weighted by Crippen LogP contribution is 2.46.